The number of rotatable bonds is 3. The molecule has 3 N–H and O–H groups in total. The zero-order chi connectivity index (χ0) is 22.9. The number of aliphatic hydroxyl groups excluding tert-OH is 1. The number of fused-ring (bicyclic) bond motifs is 4. The van der Waals surface area contributed by atoms with Crippen LogP contribution >= 0.6 is 23.2 Å². The van der Waals surface area contributed by atoms with Gasteiger partial charge in [-0.2, -0.15) is 0 Å². The number of halogens is 2. The van der Waals surface area contributed by atoms with Gasteiger partial charge >= 0.3 is 0 Å². The molecule has 0 radical (unpaired) electrons. The summed E-state index contributed by atoms with van der Waals surface area (Å²) in [5, 5.41) is 17.4. The monoisotopic (exact) mass is 473 g/mol. The highest BCUT2D eigenvalue weighted by molar-refractivity contribution is 6.31. The van der Waals surface area contributed by atoms with Gasteiger partial charge in [0.15, 0.2) is 0 Å². The van der Waals surface area contributed by atoms with Crippen LogP contribution < -0.4 is 10.6 Å². The maximum Gasteiger partial charge on any atom is 0.250 e. The SMILES string of the molecule is Cc1cc(Cl)cc2c1NC(=O)C21NC(C(C)O)C2C(=O)N(Cc3ccccc3Cl)C(=O)C21. The lowest BCUT2D eigenvalue weighted by atomic mass is 9.76. The normalized spacial score (nSPS) is 29.5. The fourth-order valence-corrected chi connectivity index (χ4v) is 5.86. The van der Waals surface area contributed by atoms with Crippen LogP contribution in [0.5, 0.6) is 0 Å². The number of aryl methyl sites for hydroxylation is 1. The van der Waals surface area contributed by atoms with Crippen LogP contribution in [0.4, 0.5) is 5.69 Å². The minimum Gasteiger partial charge on any atom is -0.392 e. The van der Waals surface area contributed by atoms with Crippen LogP contribution in [0.3, 0.4) is 0 Å². The molecule has 9 heteroatoms. The van der Waals surface area contributed by atoms with E-state index < -0.39 is 47.2 Å². The highest BCUT2D eigenvalue weighted by atomic mass is 35.5. The Hall–Kier alpha value is -2.45. The second-order valence-corrected chi connectivity index (χ2v) is 9.52. The minimum atomic E-state index is -1.50. The molecule has 0 bridgehead atoms. The predicted molar refractivity (Wildman–Crippen MR) is 119 cm³/mol. The van der Waals surface area contributed by atoms with Gasteiger partial charge < -0.3 is 10.4 Å². The molecule has 0 aromatic heterocycles. The summed E-state index contributed by atoms with van der Waals surface area (Å²) in [5.41, 5.74) is 0.968. The van der Waals surface area contributed by atoms with E-state index in [-0.39, 0.29) is 6.54 Å². The third-order valence-electron chi connectivity index (χ3n) is 6.82. The van der Waals surface area contributed by atoms with E-state index in [9.17, 15) is 19.5 Å². The first-order chi connectivity index (χ1) is 15.2. The third kappa shape index (κ3) is 2.78. The Bertz CT molecular complexity index is 1180. The molecule has 3 heterocycles. The van der Waals surface area contributed by atoms with E-state index in [0.29, 0.717) is 26.9 Å². The van der Waals surface area contributed by atoms with Gasteiger partial charge in [-0.3, -0.25) is 24.6 Å². The van der Waals surface area contributed by atoms with Crippen LogP contribution in [0, 0.1) is 18.8 Å². The quantitative estimate of drug-likeness (QED) is 0.595. The van der Waals surface area contributed by atoms with Gasteiger partial charge in [-0.15, -0.1) is 0 Å². The van der Waals surface area contributed by atoms with Crippen LogP contribution in [0.1, 0.15) is 23.6 Å². The van der Waals surface area contributed by atoms with Gasteiger partial charge in [0.2, 0.25) is 17.7 Å². The fraction of sp³-hybridized carbons (Fsp3) is 0.348. The Balaban J connectivity index is 1.65. The van der Waals surface area contributed by atoms with Crippen molar-refractivity contribution in [3.8, 4) is 0 Å². The number of likely N-dealkylation sites (tertiary alicyclic amines) is 1. The lowest BCUT2D eigenvalue weighted by Crippen LogP contribution is -2.54. The van der Waals surface area contributed by atoms with Crippen molar-refractivity contribution in [2.45, 2.75) is 38.1 Å². The summed E-state index contributed by atoms with van der Waals surface area (Å²) in [6.45, 7) is 3.35. The van der Waals surface area contributed by atoms with Crippen molar-refractivity contribution in [3.05, 3.63) is 63.1 Å². The molecule has 7 nitrogen and oxygen atoms in total. The average molecular weight is 474 g/mol. The molecule has 5 unspecified atom stereocenters. The summed E-state index contributed by atoms with van der Waals surface area (Å²) in [4.78, 5) is 41.7. The van der Waals surface area contributed by atoms with Crippen LogP contribution in [0.15, 0.2) is 36.4 Å². The van der Waals surface area contributed by atoms with E-state index in [4.69, 9.17) is 23.2 Å². The summed E-state index contributed by atoms with van der Waals surface area (Å²) >= 11 is 12.6. The summed E-state index contributed by atoms with van der Waals surface area (Å²) in [7, 11) is 0. The van der Waals surface area contributed by atoms with E-state index in [1.807, 2.05) is 6.92 Å². The van der Waals surface area contributed by atoms with Gasteiger partial charge in [0.05, 0.1) is 24.5 Å². The smallest absolute Gasteiger partial charge is 0.250 e. The van der Waals surface area contributed by atoms with Gasteiger partial charge in [0, 0.05) is 27.3 Å². The molecule has 0 saturated carbocycles. The average Bonchev–Trinajstić information content (AvgIpc) is 3.31. The summed E-state index contributed by atoms with van der Waals surface area (Å²) in [6.07, 6.45) is -0.976. The topological polar surface area (TPSA) is 98.7 Å². The Morgan fingerprint density at radius 2 is 1.88 bits per heavy atom. The number of hydrogen-bond acceptors (Lipinski definition) is 5. The van der Waals surface area contributed by atoms with Crippen molar-refractivity contribution < 1.29 is 19.5 Å². The first kappa shape index (κ1) is 21.4. The predicted octanol–water partition coefficient (Wildman–Crippen LogP) is 2.60. The summed E-state index contributed by atoms with van der Waals surface area (Å²) < 4.78 is 0. The molecular formula is C23H21Cl2N3O4. The molecule has 5 atom stereocenters. The third-order valence-corrected chi connectivity index (χ3v) is 7.40. The number of amides is 3. The van der Waals surface area contributed by atoms with E-state index in [2.05, 4.69) is 10.6 Å². The Labute approximate surface area is 194 Å². The molecule has 2 aromatic carbocycles. The van der Waals surface area contributed by atoms with Crippen molar-refractivity contribution >= 4 is 46.6 Å². The van der Waals surface area contributed by atoms with Crippen molar-refractivity contribution in [2.24, 2.45) is 11.8 Å². The number of imide groups is 1. The number of aliphatic hydroxyl groups is 1. The Morgan fingerprint density at radius 1 is 1.16 bits per heavy atom. The molecule has 2 fully saturated rings. The molecule has 3 aliphatic heterocycles. The summed E-state index contributed by atoms with van der Waals surface area (Å²) in [6, 6.07) is 9.56. The van der Waals surface area contributed by atoms with Crippen molar-refractivity contribution in [2.75, 3.05) is 5.32 Å². The van der Waals surface area contributed by atoms with E-state index in [0.717, 1.165) is 10.5 Å². The summed E-state index contributed by atoms with van der Waals surface area (Å²) in [5.74, 6) is -3.26. The van der Waals surface area contributed by atoms with Crippen molar-refractivity contribution in [1.82, 2.24) is 10.2 Å². The maximum atomic E-state index is 13.7. The Morgan fingerprint density at radius 3 is 2.56 bits per heavy atom. The number of carbonyl (C=O) groups is 3. The molecule has 166 valence electrons. The molecule has 3 amide bonds. The second-order valence-electron chi connectivity index (χ2n) is 8.68. The lowest BCUT2D eigenvalue weighted by molar-refractivity contribution is -0.143. The fourth-order valence-electron chi connectivity index (χ4n) is 5.39. The maximum absolute atomic E-state index is 13.7. The number of benzene rings is 2. The number of hydrogen-bond donors (Lipinski definition) is 3. The highest BCUT2D eigenvalue weighted by Gasteiger charge is 2.71. The lowest BCUT2D eigenvalue weighted by Gasteiger charge is -2.30. The van der Waals surface area contributed by atoms with Crippen LogP contribution in [0.25, 0.3) is 0 Å². The molecule has 2 saturated heterocycles. The number of anilines is 1. The zero-order valence-electron chi connectivity index (χ0n) is 17.4. The van der Waals surface area contributed by atoms with Crippen molar-refractivity contribution in [3.63, 3.8) is 0 Å². The largest absolute Gasteiger partial charge is 0.392 e. The molecule has 2 aromatic rings. The highest BCUT2D eigenvalue weighted by Crippen LogP contribution is 2.54. The van der Waals surface area contributed by atoms with Crippen molar-refractivity contribution in [1.29, 1.82) is 0 Å². The van der Waals surface area contributed by atoms with Crippen LogP contribution in [-0.2, 0) is 26.5 Å². The molecular weight excluding hydrogens is 453 g/mol. The molecule has 1 spiro atoms. The standard InChI is InChI=1S/C23H21Cl2N3O4/c1-10-7-13(24)8-14-18(10)26-22(32)23(14)17-16(19(27-23)11(2)29)20(30)28(21(17)31)9-12-5-3-4-6-15(12)25/h3-8,11,16-17,19,27,29H,9H2,1-2H3,(H,26,32). The number of nitrogens with zero attached hydrogens (tertiary/aromatic N) is 1. The van der Waals surface area contributed by atoms with E-state index in [1.54, 1.807) is 43.3 Å². The van der Waals surface area contributed by atoms with Crippen LogP contribution in [-0.4, -0.2) is 39.9 Å². The first-order valence-corrected chi connectivity index (χ1v) is 11.1. The van der Waals surface area contributed by atoms with Gasteiger partial charge in [-0.25, -0.2) is 0 Å². The van der Waals surface area contributed by atoms with E-state index >= 15 is 0 Å². The molecule has 3 aliphatic rings. The Kier molecular flexibility index (Phi) is 4.87. The zero-order valence-corrected chi connectivity index (χ0v) is 18.9. The van der Waals surface area contributed by atoms with E-state index in [1.165, 1.54) is 0 Å². The first-order valence-electron chi connectivity index (χ1n) is 10.3. The molecule has 32 heavy (non-hydrogen) atoms. The van der Waals surface area contributed by atoms with Gasteiger partial charge in [-0.05, 0) is 43.2 Å². The molecule has 0 aliphatic carbocycles. The number of carbonyl (C=O) groups excluding carboxylic acids is 3. The van der Waals surface area contributed by atoms with Gasteiger partial charge in [0.1, 0.15) is 5.54 Å². The minimum absolute atomic E-state index is 0.00397. The van der Waals surface area contributed by atoms with Gasteiger partial charge in [-0.1, -0.05) is 41.4 Å². The van der Waals surface area contributed by atoms with Gasteiger partial charge in [0.25, 0.3) is 0 Å². The van der Waals surface area contributed by atoms with Crippen LogP contribution in [0.2, 0.25) is 10.0 Å². The molecule has 5 rings (SSSR count). The second kappa shape index (κ2) is 7.28. The number of nitrogens with one attached hydrogen (secondary N) is 2.